The van der Waals surface area contributed by atoms with Crippen LogP contribution in [0.2, 0.25) is 0 Å². The van der Waals surface area contributed by atoms with Gasteiger partial charge >= 0.3 is 6.03 Å². The van der Waals surface area contributed by atoms with Crippen LogP contribution in [0.25, 0.3) is 0 Å². The van der Waals surface area contributed by atoms with Gasteiger partial charge in [-0.3, -0.25) is 4.79 Å². The summed E-state index contributed by atoms with van der Waals surface area (Å²) in [5, 5.41) is 14.1. The Bertz CT molecular complexity index is 879. The van der Waals surface area contributed by atoms with E-state index in [0.29, 0.717) is 42.7 Å². The lowest BCUT2D eigenvalue weighted by atomic mass is 9.95. The summed E-state index contributed by atoms with van der Waals surface area (Å²) in [6.07, 6.45) is 9.07. The lowest BCUT2D eigenvalue weighted by molar-refractivity contribution is 0.134. The molecule has 1 aromatic rings. The van der Waals surface area contributed by atoms with Gasteiger partial charge < -0.3 is 30.8 Å². The summed E-state index contributed by atoms with van der Waals surface area (Å²) < 4.78 is 0. The predicted molar refractivity (Wildman–Crippen MR) is 130 cm³/mol. The van der Waals surface area contributed by atoms with Crippen LogP contribution in [-0.2, 0) is 0 Å². The number of likely N-dealkylation sites (tertiary alicyclic amines) is 2. The Hall–Kier alpha value is -2.42. The van der Waals surface area contributed by atoms with Crippen molar-refractivity contribution in [3.05, 3.63) is 21.7 Å². The Kier molecular flexibility index (Phi) is 7.67. The number of hydrogen-bond donors (Lipinski definition) is 4. The van der Waals surface area contributed by atoms with Crippen molar-refractivity contribution in [1.29, 1.82) is 5.41 Å². The highest BCUT2D eigenvalue weighted by molar-refractivity contribution is 5.83. The maximum Gasteiger partial charge on any atom is 0.317 e. The third kappa shape index (κ3) is 5.75. The molecule has 4 N–H and O–H groups in total. The molecule has 0 atom stereocenters. The molecular formula is C24H39N7O2. The molecule has 2 amide bonds. The molecule has 0 unspecified atom stereocenters. The highest BCUT2D eigenvalue weighted by Crippen LogP contribution is 2.27. The number of anilines is 1. The molecule has 2 aliphatic heterocycles. The van der Waals surface area contributed by atoms with Crippen LogP contribution in [0.4, 0.5) is 10.6 Å². The van der Waals surface area contributed by atoms with Crippen LogP contribution in [0.5, 0.6) is 0 Å². The number of aromatic nitrogens is 2. The zero-order chi connectivity index (χ0) is 23.4. The van der Waals surface area contributed by atoms with E-state index in [0.717, 1.165) is 51.5 Å². The van der Waals surface area contributed by atoms with Gasteiger partial charge in [0.1, 0.15) is 11.6 Å². The van der Waals surface area contributed by atoms with Crippen molar-refractivity contribution < 1.29 is 4.79 Å². The fourth-order valence-corrected chi connectivity index (χ4v) is 5.21. The first-order valence-corrected chi connectivity index (χ1v) is 12.6. The largest absolute Gasteiger partial charge is 0.367 e. The molecular weight excluding hydrogens is 418 g/mol. The minimum absolute atomic E-state index is 0.0180. The molecule has 1 aliphatic carbocycles. The smallest absolute Gasteiger partial charge is 0.317 e. The third-order valence-electron chi connectivity index (χ3n) is 7.54. The lowest BCUT2D eigenvalue weighted by Gasteiger charge is -2.39. The van der Waals surface area contributed by atoms with Crippen molar-refractivity contribution in [3.8, 4) is 0 Å². The minimum atomic E-state index is -0.288. The molecule has 9 nitrogen and oxygen atoms in total. The number of aromatic amines is 1. The van der Waals surface area contributed by atoms with Crippen molar-refractivity contribution >= 4 is 18.1 Å². The number of hydrogen-bond acceptors (Lipinski definition) is 6. The van der Waals surface area contributed by atoms with Crippen molar-refractivity contribution in [1.82, 2.24) is 25.1 Å². The molecule has 0 bridgehead atoms. The molecule has 9 heteroatoms. The number of carbonyl (C=O) groups excluding carboxylic acids is 1. The Balaban J connectivity index is 1.28. The van der Waals surface area contributed by atoms with Gasteiger partial charge in [0.25, 0.3) is 5.56 Å². The topological polar surface area (TPSA) is 117 Å². The molecule has 2 saturated heterocycles. The highest BCUT2D eigenvalue weighted by Gasteiger charge is 2.34. The van der Waals surface area contributed by atoms with Gasteiger partial charge in [-0.05, 0) is 58.5 Å². The molecule has 3 heterocycles. The Morgan fingerprint density at radius 3 is 2.52 bits per heavy atom. The second kappa shape index (κ2) is 10.7. The molecule has 1 saturated carbocycles. The van der Waals surface area contributed by atoms with E-state index < -0.39 is 0 Å². The van der Waals surface area contributed by atoms with E-state index >= 15 is 0 Å². The van der Waals surface area contributed by atoms with Crippen molar-refractivity contribution in [3.63, 3.8) is 0 Å². The third-order valence-corrected chi connectivity index (χ3v) is 7.54. The Morgan fingerprint density at radius 2 is 1.88 bits per heavy atom. The summed E-state index contributed by atoms with van der Waals surface area (Å²) in [5.41, 5.74) is -0.00860. The van der Waals surface area contributed by atoms with Gasteiger partial charge in [0.05, 0.1) is 11.5 Å². The van der Waals surface area contributed by atoms with Crippen LogP contribution in [0.15, 0.2) is 4.79 Å². The number of amides is 2. The zero-order valence-electron chi connectivity index (χ0n) is 20.0. The molecule has 33 heavy (non-hydrogen) atoms. The summed E-state index contributed by atoms with van der Waals surface area (Å²) >= 11 is 0. The minimum Gasteiger partial charge on any atom is -0.367 e. The number of piperidine rings is 1. The van der Waals surface area contributed by atoms with E-state index in [9.17, 15) is 9.59 Å². The number of carbonyl (C=O) groups is 1. The van der Waals surface area contributed by atoms with Gasteiger partial charge in [-0.2, -0.15) is 0 Å². The van der Waals surface area contributed by atoms with E-state index in [1.54, 1.807) is 4.90 Å². The SMILES string of the molecule is CC(C)N1CCC(CNC(=O)N2CC(c3nc(NC4CCCCC4)c(C=N)c(=O)[nH]3)C2)CC1. The van der Waals surface area contributed by atoms with E-state index in [1.807, 2.05) is 0 Å². The maximum absolute atomic E-state index is 12.6. The normalized spacial score (nSPS) is 21.1. The van der Waals surface area contributed by atoms with Crippen molar-refractivity contribution in [2.45, 2.75) is 76.8 Å². The van der Waals surface area contributed by atoms with Gasteiger partial charge in [0.2, 0.25) is 0 Å². The van der Waals surface area contributed by atoms with Gasteiger partial charge in [-0.1, -0.05) is 19.3 Å². The number of rotatable bonds is 7. The summed E-state index contributed by atoms with van der Waals surface area (Å²) in [6, 6.07) is 0.859. The maximum atomic E-state index is 12.6. The van der Waals surface area contributed by atoms with Gasteiger partial charge in [-0.15, -0.1) is 0 Å². The first-order valence-electron chi connectivity index (χ1n) is 12.6. The molecule has 4 rings (SSSR count). The van der Waals surface area contributed by atoms with Crippen molar-refractivity contribution in [2.75, 3.05) is 38.0 Å². The van der Waals surface area contributed by atoms with Gasteiger partial charge in [0, 0.05) is 37.9 Å². The average molecular weight is 458 g/mol. The second-order valence-electron chi connectivity index (χ2n) is 10.2. The predicted octanol–water partition coefficient (Wildman–Crippen LogP) is 2.74. The highest BCUT2D eigenvalue weighted by atomic mass is 16.2. The Labute approximate surface area is 196 Å². The lowest BCUT2D eigenvalue weighted by Crippen LogP contribution is -2.54. The van der Waals surface area contributed by atoms with Gasteiger partial charge in [-0.25, -0.2) is 9.78 Å². The van der Waals surface area contributed by atoms with Gasteiger partial charge in [0.15, 0.2) is 0 Å². The van der Waals surface area contributed by atoms with Crippen LogP contribution in [-0.4, -0.2) is 76.8 Å². The van der Waals surface area contributed by atoms with E-state index in [-0.39, 0.29) is 23.1 Å². The monoisotopic (exact) mass is 457 g/mol. The van der Waals surface area contributed by atoms with E-state index in [1.165, 1.54) is 19.3 Å². The number of nitrogens with one attached hydrogen (secondary N) is 4. The molecule has 0 aromatic carbocycles. The number of urea groups is 1. The molecule has 0 spiro atoms. The molecule has 3 fully saturated rings. The van der Waals surface area contributed by atoms with E-state index in [4.69, 9.17) is 5.41 Å². The van der Waals surface area contributed by atoms with Crippen LogP contribution < -0.4 is 16.2 Å². The van der Waals surface area contributed by atoms with Crippen molar-refractivity contribution in [2.24, 2.45) is 5.92 Å². The fourth-order valence-electron chi connectivity index (χ4n) is 5.21. The van der Waals surface area contributed by atoms with Crippen LogP contribution in [0.1, 0.15) is 76.1 Å². The summed E-state index contributed by atoms with van der Waals surface area (Å²) in [5.74, 6) is 1.67. The molecule has 182 valence electrons. The molecule has 1 aromatic heterocycles. The molecule has 0 radical (unpaired) electrons. The summed E-state index contributed by atoms with van der Waals surface area (Å²) in [6.45, 7) is 8.50. The second-order valence-corrected chi connectivity index (χ2v) is 10.2. The summed E-state index contributed by atoms with van der Waals surface area (Å²) in [7, 11) is 0. The zero-order valence-corrected chi connectivity index (χ0v) is 20.0. The van der Waals surface area contributed by atoms with Crippen LogP contribution in [0, 0.1) is 11.3 Å². The van der Waals surface area contributed by atoms with E-state index in [2.05, 4.69) is 39.3 Å². The number of H-pyrrole nitrogens is 1. The van der Waals surface area contributed by atoms with Crippen LogP contribution in [0.3, 0.4) is 0 Å². The summed E-state index contributed by atoms with van der Waals surface area (Å²) in [4.78, 5) is 36.9. The quantitative estimate of drug-likeness (QED) is 0.470. The van der Waals surface area contributed by atoms with Crippen LogP contribution >= 0.6 is 0 Å². The standard InChI is InChI=1S/C24H39N7O2/c1-16(2)30-10-8-17(9-11-30)13-26-24(33)31-14-18(15-31)21-28-22(20(12-25)23(32)29-21)27-19-6-4-3-5-7-19/h12,16-19,25H,3-11,13-15H2,1-2H3,(H,26,33)(H2,27,28,29,32). The first-order chi connectivity index (χ1) is 15.9. The average Bonchev–Trinajstić information content (AvgIpc) is 2.77. The molecule has 3 aliphatic rings. The fraction of sp³-hybridized carbons (Fsp3) is 0.750. The first kappa shape index (κ1) is 23.7. The number of nitrogens with zero attached hydrogens (tertiary/aromatic N) is 3. The Morgan fingerprint density at radius 1 is 1.18 bits per heavy atom.